The molecular formula is C16H20N2OS. The monoisotopic (exact) mass is 288 g/mol. The highest BCUT2D eigenvalue weighted by molar-refractivity contribution is 7.21. The summed E-state index contributed by atoms with van der Waals surface area (Å²) in [6.07, 6.45) is 1.23. The minimum atomic E-state index is 0.0560. The van der Waals surface area contributed by atoms with Gasteiger partial charge in [0.25, 0.3) is 5.91 Å². The number of carbonyl (C=O) groups is 1. The van der Waals surface area contributed by atoms with Crippen molar-refractivity contribution in [1.29, 1.82) is 0 Å². The van der Waals surface area contributed by atoms with Crippen molar-refractivity contribution in [3.63, 3.8) is 0 Å². The van der Waals surface area contributed by atoms with Crippen molar-refractivity contribution in [1.82, 2.24) is 4.90 Å². The van der Waals surface area contributed by atoms with E-state index in [-0.39, 0.29) is 5.91 Å². The number of rotatable bonds is 3. The van der Waals surface area contributed by atoms with Gasteiger partial charge in [-0.2, -0.15) is 0 Å². The van der Waals surface area contributed by atoms with Crippen LogP contribution >= 0.6 is 11.3 Å². The van der Waals surface area contributed by atoms with Crippen LogP contribution in [0.3, 0.4) is 0 Å². The summed E-state index contributed by atoms with van der Waals surface area (Å²) >= 11 is 1.51. The molecule has 1 aromatic heterocycles. The molecule has 3 rings (SSSR count). The number of aryl methyl sites for hydroxylation is 1. The Hall–Kier alpha value is -1.55. The van der Waals surface area contributed by atoms with E-state index < -0.39 is 0 Å². The molecule has 1 aliphatic rings. The number of nitrogens with two attached hydrogens (primary N) is 1. The minimum Gasteiger partial charge on any atom is -0.397 e. The second-order valence-corrected chi connectivity index (χ2v) is 7.06. The van der Waals surface area contributed by atoms with E-state index in [1.807, 2.05) is 24.1 Å². The fourth-order valence-electron chi connectivity index (χ4n) is 2.64. The SMILES string of the molecule is Cc1ccc2c(N)c(C(=O)N(C)CC3CC3C)sc2c1. The van der Waals surface area contributed by atoms with Crippen LogP contribution in [-0.4, -0.2) is 24.4 Å². The molecule has 2 aromatic rings. The first-order chi connectivity index (χ1) is 9.47. The molecule has 0 aliphatic heterocycles. The zero-order valence-electron chi connectivity index (χ0n) is 12.1. The van der Waals surface area contributed by atoms with E-state index in [4.69, 9.17) is 5.73 Å². The summed E-state index contributed by atoms with van der Waals surface area (Å²) in [4.78, 5) is 15.0. The Kier molecular flexibility index (Phi) is 3.21. The molecule has 2 atom stereocenters. The standard InChI is InChI=1S/C16H20N2OS/c1-9-4-5-12-13(6-9)20-15(14(12)17)16(19)18(3)8-11-7-10(11)2/h4-6,10-11H,7-8,17H2,1-3H3. The maximum Gasteiger partial charge on any atom is 0.265 e. The van der Waals surface area contributed by atoms with Crippen molar-refractivity contribution >= 4 is 33.0 Å². The lowest BCUT2D eigenvalue weighted by Gasteiger charge is -2.16. The number of thiophene rings is 1. The Morgan fingerprint density at radius 2 is 2.20 bits per heavy atom. The van der Waals surface area contributed by atoms with Gasteiger partial charge in [-0.05, 0) is 36.8 Å². The van der Waals surface area contributed by atoms with Gasteiger partial charge >= 0.3 is 0 Å². The number of nitrogen functional groups attached to an aromatic ring is 1. The van der Waals surface area contributed by atoms with Crippen LogP contribution in [0.4, 0.5) is 5.69 Å². The van der Waals surface area contributed by atoms with Gasteiger partial charge in [-0.15, -0.1) is 11.3 Å². The lowest BCUT2D eigenvalue weighted by atomic mass is 10.1. The third-order valence-electron chi connectivity index (χ3n) is 4.21. The van der Waals surface area contributed by atoms with Gasteiger partial charge in [-0.3, -0.25) is 4.79 Å². The molecule has 0 saturated heterocycles. The number of fused-ring (bicyclic) bond motifs is 1. The molecule has 1 aliphatic carbocycles. The molecule has 2 unspecified atom stereocenters. The number of benzene rings is 1. The van der Waals surface area contributed by atoms with Crippen LogP contribution in [0, 0.1) is 18.8 Å². The van der Waals surface area contributed by atoms with E-state index in [1.54, 1.807) is 0 Å². The summed E-state index contributed by atoms with van der Waals surface area (Å²) in [5.74, 6) is 1.48. The molecule has 0 radical (unpaired) electrons. The largest absolute Gasteiger partial charge is 0.397 e. The fraction of sp³-hybridized carbons (Fsp3) is 0.438. The summed E-state index contributed by atoms with van der Waals surface area (Å²) in [5.41, 5.74) is 7.99. The molecule has 3 nitrogen and oxygen atoms in total. The van der Waals surface area contributed by atoms with Gasteiger partial charge in [-0.1, -0.05) is 19.1 Å². The highest BCUT2D eigenvalue weighted by Crippen LogP contribution is 2.39. The van der Waals surface area contributed by atoms with E-state index in [9.17, 15) is 4.79 Å². The van der Waals surface area contributed by atoms with Crippen molar-refractivity contribution < 1.29 is 4.79 Å². The van der Waals surface area contributed by atoms with Crippen LogP contribution in [0.5, 0.6) is 0 Å². The lowest BCUT2D eigenvalue weighted by Crippen LogP contribution is -2.28. The maximum atomic E-state index is 12.5. The molecule has 1 amide bonds. The maximum absolute atomic E-state index is 12.5. The zero-order valence-corrected chi connectivity index (χ0v) is 13.0. The van der Waals surface area contributed by atoms with Crippen LogP contribution < -0.4 is 5.73 Å². The number of anilines is 1. The second-order valence-electron chi connectivity index (χ2n) is 6.00. The van der Waals surface area contributed by atoms with E-state index in [2.05, 4.69) is 19.9 Å². The van der Waals surface area contributed by atoms with Crippen molar-refractivity contribution in [2.24, 2.45) is 11.8 Å². The van der Waals surface area contributed by atoms with Gasteiger partial charge in [0.15, 0.2) is 0 Å². The third-order valence-corrected chi connectivity index (χ3v) is 5.37. The number of hydrogen-bond donors (Lipinski definition) is 1. The highest BCUT2D eigenvalue weighted by Gasteiger charge is 2.34. The minimum absolute atomic E-state index is 0.0560. The Bertz CT molecular complexity index is 676. The first-order valence-electron chi connectivity index (χ1n) is 7.01. The predicted molar refractivity (Wildman–Crippen MR) is 85.2 cm³/mol. The van der Waals surface area contributed by atoms with Crippen LogP contribution in [0.15, 0.2) is 18.2 Å². The molecule has 2 N–H and O–H groups in total. The summed E-state index contributed by atoms with van der Waals surface area (Å²) in [6.45, 7) is 5.13. The first-order valence-corrected chi connectivity index (χ1v) is 7.83. The Morgan fingerprint density at radius 1 is 1.50 bits per heavy atom. The van der Waals surface area contributed by atoms with Gasteiger partial charge in [0.05, 0.1) is 5.69 Å². The zero-order chi connectivity index (χ0) is 14.4. The molecule has 1 fully saturated rings. The topological polar surface area (TPSA) is 46.3 Å². The smallest absolute Gasteiger partial charge is 0.265 e. The van der Waals surface area contributed by atoms with Gasteiger partial charge in [0, 0.05) is 23.7 Å². The van der Waals surface area contributed by atoms with Crippen LogP contribution in [0.2, 0.25) is 0 Å². The summed E-state index contributed by atoms with van der Waals surface area (Å²) < 4.78 is 1.10. The molecule has 4 heteroatoms. The van der Waals surface area contributed by atoms with E-state index in [0.717, 1.165) is 22.5 Å². The Morgan fingerprint density at radius 3 is 2.85 bits per heavy atom. The highest BCUT2D eigenvalue weighted by atomic mass is 32.1. The third kappa shape index (κ3) is 2.29. The molecule has 1 saturated carbocycles. The van der Waals surface area contributed by atoms with Crippen LogP contribution in [-0.2, 0) is 0 Å². The van der Waals surface area contributed by atoms with E-state index in [1.165, 1.54) is 23.3 Å². The quantitative estimate of drug-likeness (QED) is 0.939. The Labute approximate surface area is 123 Å². The van der Waals surface area contributed by atoms with Gasteiger partial charge in [-0.25, -0.2) is 0 Å². The van der Waals surface area contributed by atoms with Crippen LogP contribution in [0.25, 0.3) is 10.1 Å². The Balaban J connectivity index is 1.89. The molecule has 0 bridgehead atoms. The van der Waals surface area contributed by atoms with Crippen LogP contribution in [0.1, 0.15) is 28.6 Å². The molecular weight excluding hydrogens is 268 g/mol. The van der Waals surface area contributed by atoms with Crippen molar-refractivity contribution in [3.05, 3.63) is 28.6 Å². The van der Waals surface area contributed by atoms with Gasteiger partial charge < -0.3 is 10.6 Å². The average molecular weight is 288 g/mol. The lowest BCUT2D eigenvalue weighted by molar-refractivity contribution is 0.0793. The van der Waals surface area contributed by atoms with E-state index >= 15 is 0 Å². The molecule has 20 heavy (non-hydrogen) atoms. The second kappa shape index (κ2) is 4.77. The van der Waals surface area contributed by atoms with E-state index in [0.29, 0.717) is 16.5 Å². The van der Waals surface area contributed by atoms with Crippen molar-refractivity contribution in [2.45, 2.75) is 20.3 Å². The summed E-state index contributed by atoms with van der Waals surface area (Å²) in [5, 5.41) is 0.997. The normalized spacial score (nSPS) is 21.1. The number of amides is 1. The molecule has 106 valence electrons. The molecule has 1 aromatic carbocycles. The molecule has 0 spiro atoms. The number of hydrogen-bond acceptors (Lipinski definition) is 3. The summed E-state index contributed by atoms with van der Waals surface area (Å²) in [7, 11) is 1.88. The average Bonchev–Trinajstić information content (AvgIpc) is 2.99. The van der Waals surface area contributed by atoms with Gasteiger partial charge in [0.2, 0.25) is 0 Å². The number of nitrogens with zero attached hydrogens (tertiary/aromatic N) is 1. The first kappa shape index (κ1) is 13.4. The fourth-order valence-corrected chi connectivity index (χ4v) is 3.86. The predicted octanol–water partition coefficient (Wildman–Crippen LogP) is 3.52. The summed E-state index contributed by atoms with van der Waals surface area (Å²) in [6, 6.07) is 6.14. The molecule has 1 heterocycles. The van der Waals surface area contributed by atoms with Crippen molar-refractivity contribution in [2.75, 3.05) is 19.3 Å². The number of carbonyl (C=O) groups excluding carboxylic acids is 1. The van der Waals surface area contributed by atoms with Crippen molar-refractivity contribution in [3.8, 4) is 0 Å². The van der Waals surface area contributed by atoms with Gasteiger partial charge in [0.1, 0.15) is 4.88 Å².